The lowest BCUT2D eigenvalue weighted by molar-refractivity contribution is 0.0848. The van der Waals surface area contributed by atoms with Gasteiger partial charge in [-0.15, -0.1) is 11.3 Å². The van der Waals surface area contributed by atoms with Crippen molar-refractivity contribution in [3.05, 3.63) is 70.2 Å². The Morgan fingerprint density at radius 1 is 1.09 bits per heavy atom. The number of aryl methyl sites for hydroxylation is 1. The second kappa shape index (κ2) is 8.36. The van der Waals surface area contributed by atoms with Crippen LogP contribution in [0, 0.1) is 6.92 Å². The molecule has 1 unspecified atom stereocenters. The van der Waals surface area contributed by atoms with Gasteiger partial charge in [-0.1, -0.05) is 30.3 Å². The van der Waals surface area contributed by atoms with Crippen LogP contribution in [0.25, 0.3) is 10.6 Å². The first-order chi connectivity index (χ1) is 15.1. The average molecular weight is 471 g/mol. The first-order valence-corrected chi connectivity index (χ1v) is 12.6. The second-order valence-corrected chi connectivity index (χ2v) is 10.5. The third-order valence-electron chi connectivity index (χ3n) is 5.17. The van der Waals surface area contributed by atoms with E-state index in [1.54, 1.807) is 25.1 Å². The van der Waals surface area contributed by atoms with Crippen LogP contribution >= 0.6 is 11.3 Å². The van der Waals surface area contributed by atoms with Gasteiger partial charge in [-0.05, 0) is 44.0 Å². The lowest BCUT2D eigenvalue weighted by atomic mass is 10.1. The number of thiazole rings is 1. The quantitative estimate of drug-likeness (QED) is 0.570. The number of carbonyl (C=O) groups excluding carboxylic acids is 2. The van der Waals surface area contributed by atoms with Crippen molar-refractivity contribution in [1.82, 2.24) is 15.8 Å². The van der Waals surface area contributed by atoms with E-state index in [0.717, 1.165) is 16.1 Å². The molecule has 0 bridgehead atoms. The summed E-state index contributed by atoms with van der Waals surface area (Å²) in [5, 5.41) is 0.725. The van der Waals surface area contributed by atoms with E-state index < -0.39 is 21.8 Å². The van der Waals surface area contributed by atoms with Gasteiger partial charge in [0.25, 0.3) is 11.8 Å². The first-order valence-electron chi connectivity index (χ1n) is 9.91. The van der Waals surface area contributed by atoms with E-state index in [0.29, 0.717) is 28.2 Å². The molecule has 0 aliphatic carbocycles. The Morgan fingerprint density at radius 3 is 2.47 bits per heavy atom. The molecule has 3 aromatic rings. The minimum Gasteiger partial charge on any atom is -0.267 e. The third-order valence-corrected chi connectivity index (χ3v) is 7.64. The highest BCUT2D eigenvalue weighted by Crippen LogP contribution is 2.34. The van der Waals surface area contributed by atoms with Crippen LogP contribution < -0.4 is 15.2 Å². The fourth-order valence-corrected chi connectivity index (χ4v) is 6.03. The second-order valence-electron chi connectivity index (χ2n) is 7.66. The number of nitrogens with one attached hydrogen (secondary N) is 2. The minimum atomic E-state index is -3.40. The summed E-state index contributed by atoms with van der Waals surface area (Å²) in [6.45, 7) is 3.57. The van der Waals surface area contributed by atoms with Crippen molar-refractivity contribution in [1.29, 1.82) is 0 Å². The van der Waals surface area contributed by atoms with Crippen molar-refractivity contribution < 1.29 is 18.0 Å². The third kappa shape index (κ3) is 4.23. The van der Waals surface area contributed by atoms with Crippen LogP contribution in [0.2, 0.25) is 0 Å². The Morgan fingerprint density at radius 2 is 1.78 bits per heavy atom. The van der Waals surface area contributed by atoms with Gasteiger partial charge in [-0.3, -0.25) is 24.7 Å². The summed E-state index contributed by atoms with van der Waals surface area (Å²) in [6, 6.07) is 14.2. The zero-order valence-corrected chi connectivity index (χ0v) is 19.4. The molecule has 10 heteroatoms. The number of anilines is 1. The van der Waals surface area contributed by atoms with Crippen LogP contribution in [0.15, 0.2) is 48.5 Å². The molecule has 2 N–H and O–H groups in total. The zero-order chi connectivity index (χ0) is 23.0. The van der Waals surface area contributed by atoms with Crippen LogP contribution in [0.1, 0.15) is 38.2 Å². The van der Waals surface area contributed by atoms with Gasteiger partial charge in [0, 0.05) is 17.2 Å². The molecule has 8 nitrogen and oxygen atoms in total. The SMILES string of the molecule is Cc1nc(-c2ccccc2)sc1C(=O)NNC(=O)c1ccc2c(c1)CC(C)N2S(C)(=O)=O. The Bertz CT molecular complexity index is 1300. The number of sulfonamides is 1. The van der Waals surface area contributed by atoms with E-state index >= 15 is 0 Å². The lowest BCUT2D eigenvalue weighted by Gasteiger charge is -2.21. The molecule has 2 heterocycles. The summed E-state index contributed by atoms with van der Waals surface area (Å²) in [4.78, 5) is 30.0. The van der Waals surface area contributed by atoms with Crippen molar-refractivity contribution in [3.8, 4) is 10.6 Å². The monoisotopic (exact) mass is 470 g/mol. The number of carbonyl (C=O) groups is 2. The van der Waals surface area contributed by atoms with E-state index in [1.165, 1.54) is 21.9 Å². The Hall–Kier alpha value is -3.24. The maximum Gasteiger partial charge on any atom is 0.281 e. The predicted molar refractivity (Wildman–Crippen MR) is 124 cm³/mol. The van der Waals surface area contributed by atoms with Gasteiger partial charge in [-0.2, -0.15) is 0 Å². The summed E-state index contributed by atoms with van der Waals surface area (Å²) >= 11 is 1.25. The van der Waals surface area contributed by atoms with E-state index in [9.17, 15) is 18.0 Å². The van der Waals surface area contributed by atoms with Crippen molar-refractivity contribution in [2.75, 3.05) is 10.6 Å². The number of aromatic nitrogens is 1. The van der Waals surface area contributed by atoms with Crippen molar-refractivity contribution in [3.63, 3.8) is 0 Å². The number of hydrogen-bond donors (Lipinski definition) is 2. The van der Waals surface area contributed by atoms with Gasteiger partial charge >= 0.3 is 0 Å². The topological polar surface area (TPSA) is 108 Å². The molecule has 1 aliphatic heterocycles. The molecule has 1 atom stereocenters. The molecule has 4 rings (SSSR count). The fourth-order valence-electron chi connectivity index (χ4n) is 3.80. The van der Waals surface area contributed by atoms with E-state index in [1.807, 2.05) is 37.3 Å². The number of hydrogen-bond acceptors (Lipinski definition) is 6. The number of benzene rings is 2. The van der Waals surface area contributed by atoms with E-state index in [4.69, 9.17) is 0 Å². The molecule has 2 aromatic carbocycles. The molecule has 2 amide bonds. The van der Waals surface area contributed by atoms with Crippen LogP contribution in [-0.2, 0) is 16.4 Å². The van der Waals surface area contributed by atoms with Gasteiger partial charge in [0.1, 0.15) is 9.88 Å². The molecular formula is C22H22N4O4S2. The Labute approximate surface area is 190 Å². The first kappa shape index (κ1) is 22.0. The van der Waals surface area contributed by atoms with Gasteiger partial charge in [0.2, 0.25) is 10.0 Å². The highest BCUT2D eigenvalue weighted by Gasteiger charge is 2.32. The number of nitrogens with zero attached hydrogens (tertiary/aromatic N) is 2. The molecule has 0 saturated carbocycles. The molecule has 1 aliphatic rings. The van der Waals surface area contributed by atoms with Crippen LogP contribution in [0.4, 0.5) is 5.69 Å². The highest BCUT2D eigenvalue weighted by molar-refractivity contribution is 7.92. The highest BCUT2D eigenvalue weighted by atomic mass is 32.2. The number of fused-ring (bicyclic) bond motifs is 1. The molecule has 0 saturated heterocycles. The lowest BCUT2D eigenvalue weighted by Crippen LogP contribution is -2.41. The number of hydrazine groups is 1. The summed E-state index contributed by atoms with van der Waals surface area (Å²) in [6.07, 6.45) is 1.68. The largest absolute Gasteiger partial charge is 0.281 e. The van der Waals surface area contributed by atoms with Crippen LogP contribution in [0.5, 0.6) is 0 Å². The summed E-state index contributed by atoms with van der Waals surface area (Å²) in [7, 11) is -3.40. The molecule has 0 spiro atoms. The van der Waals surface area contributed by atoms with Crippen molar-refractivity contribution >= 4 is 38.9 Å². The maximum absolute atomic E-state index is 12.6. The van der Waals surface area contributed by atoms with E-state index in [-0.39, 0.29) is 6.04 Å². The molecular weight excluding hydrogens is 448 g/mol. The fraction of sp³-hybridized carbons (Fsp3) is 0.227. The molecule has 32 heavy (non-hydrogen) atoms. The van der Waals surface area contributed by atoms with Crippen molar-refractivity contribution in [2.45, 2.75) is 26.3 Å². The van der Waals surface area contributed by atoms with Gasteiger partial charge < -0.3 is 0 Å². The average Bonchev–Trinajstić information content (AvgIpc) is 3.30. The normalized spacial score (nSPS) is 15.3. The zero-order valence-electron chi connectivity index (χ0n) is 17.7. The molecule has 0 radical (unpaired) electrons. The molecule has 0 fully saturated rings. The van der Waals surface area contributed by atoms with Crippen LogP contribution in [-0.4, -0.2) is 37.5 Å². The van der Waals surface area contributed by atoms with Crippen molar-refractivity contribution in [2.24, 2.45) is 0 Å². The maximum atomic E-state index is 12.6. The van der Waals surface area contributed by atoms with Gasteiger partial charge in [-0.25, -0.2) is 13.4 Å². The summed E-state index contributed by atoms with van der Waals surface area (Å²) < 4.78 is 25.5. The smallest absolute Gasteiger partial charge is 0.267 e. The number of amides is 2. The molecule has 1 aromatic heterocycles. The van der Waals surface area contributed by atoms with E-state index in [2.05, 4.69) is 15.8 Å². The summed E-state index contributed by atoms with van der Waals surface area (Å²) in [5.74, 6) is -0.939. The standard InChI is InChI=1S/C22H22N4O4S2/c1-13-11-17-12-16(9-10-18(17)26(13)32(3,29)30)20(27)24-25-21(28)19-14(2)23-22(31-19)15-7-5-4-6-8-15/h4-10,12-13H,11H2,1-3H3,(H,24,27)(H,25,28). The predicted octanol–water partition coefficient (Wildman–Crippen LogP) is 2.90. The van der Waals surface area contributed by atoms with Gasteiger partial charge in [0.15, 0.2) is 0 Å². The van der Waals surface area contributed by atoms with Crippen LogP contribution in [0.3, 0.4) is 0 Å². The Balaban J connectivity index is 1.45. The number of rotatable bonds is 4. The molecule has 166 valence electrons. The van der Waals surface area contributed by atoms with Gasteiger partial charge in [0.05, 0.1) is 17.6 Å². The Kier molecular flexibility index (Phi) is 5.74. The summed E-state index contributed by atoms with van der Waals surface area (Å²) in [5.41, 5.74) is 8.04. The minimum absolute atomic E-state index is 0.217.